The van der Waals surface area contributed by atoms with Crippen molar-refractivity contribution < 1.29 is 14.7 Å². The third-order valence-corrected chi connectivity index (χ3v) is 2.66. The molecule has 2 rings (SSSR count). The lowest BCUT2D eigenvalue weighted by atomic mass is 10.2. The van der Waals surface area contributed by atoms with Crippen molar-refractivity contribution in [3.8, 4) is 0 Å². The van der Waals surface area contributed by atoms with Gasteiger partial charge in [0.15, 0.2) is 0 Å². The quantitative estimate of drug-likeness (QED) is 0.853. The molecule has 19 heavy (non-hydrogen) atoms. The molecule has 0 saturated carbocycles. The minimum absolute atomic E-state index is 0.111. The number of aromatic carboxylic acids is 1. The van der Waals surface area contributed by atoms with E-state index in [-0.39, 0.29) is 18.0 Å². The lowest BCUT2D eigenvalue weighted by molar-refractivity contribution is -0.121. The molecule has 0 unspecified atom stereocenters. The summed E-state index contributed by atoms with van der Waals surface area (Å²) in [6.07, 6.45) is 3.01. The molecule has 0 aliphatic heterocycles. The molecule has 1 aromatic heterocycles. The second-order valence-electron chi connectivity index (χ2n) is 4.14. The second-order valence-corrected chi connectivity index (χ2v) is 4.14. The highest BCUT2D eigenvalue weighted by molar-refractivity contribution is 5.87. The normalized spacial score (nSPS) is 10.1. The first-order chi connectivity index (χ1) is 9.15. The Morgan fingerprint density at radius 2 is 1.89 bits per heavy atom. The van der Waals surface area contributed by atoms with Crippen LogP contribution in [0.15, 0.2) is 48.8 Å². The Bertz CT molecular complexity index is 575. The van der Waals surface area contributed by atoms with Gasteiger partial charge >= 0.3 is 5.97 Å². The van der Waals surface area contributed by atoms with Crippen LogP contribution in [-0.2, 0) is 17.9 Å². The average Bonchev–Trinajstić information content (AvgIpc) is 2.86. The van der Waals surface area contributed by atoms with E-state index in [1.807, 2.05) is 30.3 Å². The van der Waals surface area contributed by atoms with Crippen molar-refractivity contribution >= 4 is 11.9 Å². The summed E-state index contributed by atoms with van der Waals surface area (Å²) in [5, 5.41) is 11.5. The van der Waals surface area contributed by atoms with Crippen molar-refractivity contribution in [3.63, 3.8) is 0 Å². The van der Waals surface area contributed by atoms with E-state index in [9.17, 15) is 9.59 Å². The molecule has 5 heteroatoms. The molecule has 0 aliphatic rings. The van der Waals surface area contributed by atoms with Gasteiger partial charge in [-0.25, -0.2) is 4.79 Å². The van der Waals surface area contributed by atoms with E-state index in [0.29, 0.717) is 6.54 Å². The van der Waals surface area contributed by atoms with E-state index < -0.39 is 5.97 Å². The van der Waals surface area contributed by atoms with Crippen molar-refractivity contribution in [2.24, 2.45) is 0 Å². The van der Waals surface area contributed by atoms with Crippen LogP contribution in [0.2, 0.25) is 0 Å². The molecule has 0 fully saturated rings. The molecule has 0 aliphatic carbocycles. The third-order valence-electron chi connectivity index (χ3n) is 2.66. The second kappa shape index (κ2) is 5.86. The molecule has 98 valence electrons. The monoisotopic (exact) mass is 258 g/mol. The highest BCUT2D eigenvalue weighted by Gasteiger charge is 2.07. The van der Waals surface area contributed by atoms with Gasteiger partial charge in [0.25, 0.3) is 0 Å². The Kier molecular flexibility index (Phi) is 3.97. The van der Waals surface area contributed by atoms with Gasteiger partial charge in [-0.05, 0) is 11.6 Å². The molecule has 0 saturated heterocycles. The summed E-state index contributed by atoms with van der Waals surface area (Å²) < 4.78 is 1.55. The Morgan fingerprint density at radius 1 is 1.16 bits per heavy atom. The zero-order chi connectivity index (χ0) is 13.7. The summed E-state index contributed by atoms with van der Waals surface area (Å²) in [5.74, 6) is -1.15. The summed E-state index contributed by atoms with van der Waals surface area (Å²) in [6.45, 7) is 0.576. The Morgan fingerprint density at radius 3 is 2.53 bits per heavy atom. The van der Waals surface area contributed by atoms with Gasteiger partial charge in [-0.3, -0.25) is 4.79 Å². The fraction of sp³-hybridized carbons (Fsp3) is 0.143. The molecular formula is C14H14N2O3. The van der Waals surface area contributed by atoms with Gasteiger partial charge < -0.3 is 15.0 Å². The molecule has 0 radical (unpaired) electrons. The van der Waals surface area contributed by atoms with Crippen LogP contribution in [-0.4, -0.2) is 21.6 Å². The number of carboxylic acids is 1. The van der Waals surface area contributed by atoms with Crippen molar-refractivity contribution in [1.29, 1.82) is 0 Å². The van der Waals surface area contributed by atoms with Gasteiger partial charge in [-0.15, -0.1) is 0 Å². The highest BCUT2D eigenvalue weighted by atomic mass is 16.4. The maximum atomic E-state index is 11.7. The van der Waals surface area contributed by atoms with Crippen LogP contribution in [0, 0.1) is 0 Å². The number of rotatable bonds is 5. The Balaban J connectivity index is 1.85. The lowest BCUT2D eigenvalue weighted by Crippen LogP contribution is -2.26. The summed E-state index contributed by atoms with van der Waals surface area (Å²) in [6, 6.07) is 11.1. The van der Waals surface area contributed by atoms with Crippen molar-refractivity contribution in [1.82, 2.24) is 9.88 Å². The number of carbonyl (C=O) groups excluding carboxylic acids is 1. The van der Waals surface area contributed by atoms with Crippen LogP contribution in [0.3, 0.4) is 0 Å². The average molecular weight is 258 g/mol. The smallest absolute Gasteiger partial charge is 0.337 e. The maximum absolute atomic E-state index is 11.7. The van der Waals surface area contributed by atoms with Crippen LogP contribution >= 0.6 is 0 Å². The molecule has 0 spiro atoms. The molecule has 1 amide bonds. The minimum Gasteiger partial charge on any atom is -0.478 e. The fourth-order valence-corrected chi connectivity index (χ4v) is 1.68. The van der Waals surface area contributed by atoms with Crippen molar-refractivity contribution in [3.05, 3.63) is 59.9 Å². The van der Waals surface area contributed by atoms with Crippen LogP contribution in [0.5, 0.6) is 0 Å². The zero-order valence-electron chi connectivity index (χ0n) is 10.2. The first-order valence-corrected chi connectivity index (χ1v) is 5.85. The standard InChI is InChI=1S/C14H14N2O3/c17-13(15-8-11-4-2-1-3-5-11)10-16-7-6-12(9-16)14(18)19/h1-7,9H,8,10H2,(H,15,17)(H,18,19). The highest BCUT2D eigenvalue weighted by Crippen LogP contribution is 2.01. The number of carboxylic acid groups (broad SMARTS) is 1. The molecule has 0 atom stereocenters. The van der Waals surface area contributed by atoms with E-state index in [4.69, 9.17) is 5.11 Å². The van der Waals surface area contributed by atoms with Crippen LogP contribution in [0.4, 0.5) is 0 Å². The third kappa shape index (κ3) is 3.70. The van der Waals surface area contributed by atoms with Gasteiger partial charge in [-0.2, -0.15) is 0 Å². The largest absolute Gasteiger partial charge is 0.478 e. The van der Waals surface area contributed by atoms with Crippen molar-refractivity contribution in [2.75, 3.05) is 0 Å². The van der Waals surface area contributed by atoms with Crippen molar-refractivity contribution in [2.45, 2.75) is 13.1 Å². The predicted molar refractivity (Wildman–Crippen MR) is 69.7 cm³/mol. The number of aromatic nitrogens is 1. The number of amides is 1. The summed E-state index contributed by atoms with van der Waals surface area (Å²) in [4.78, 5) is 22.4. The summed E-state index contributed by atoms with van der Waals surface area (Å²) in [5.41, 5.74) is 1.20. The number of hydrogen-bond acceptors (Lipinski definition) is 2. The summed E-state index contributed by atoms with van der Waals surface area (Å²) >= 11 is 0. The SMILES string of the molecule is O=C(Cn1ccc(C(=O)O)c1)NCc1ccccc1. The van der Waals surface area contributed by atoms with E-state index >= 15 is 0 Å². The molecule has 5 nitrogen and oxygen atoms in total. The van der Waals surface area contributed by atoms with Gasteiger partial charge in [0, 0.05) is 18.9 Å². The molecule has 2 aromatic rings. The predicted octanol–water partition coefficient (Wildman–Crippen LogP) is 1.50. The number of carbonyl (C=O) groups is 2. The fourth-order valence-electron chi connectivity index (χ4n) is 1.68. The minimum atomic E-state index is -0.997. The first-order valence-electron chi connectivity index (χ1n) is 5.85. The molecular weight excluding hydrogens is 244 g/mol. The molecule has 1 aromatic carbocycles. The molecule has 1 heterocycles. The van der Waals surface area contributed by atoms with Gasteiger partial charge in [0.05, 0.1) is 5.56 Å². The number of hydrogen-bond donors (Lipinski definition) is 2. The van der Waals surface area contributed by atoms with E-state index in [1.165, 1.54) is 12.3 Å². The summed E-state index contributed by atoms with van der Waals surface area (Å²) in [7, 11) is 0. The van der Waals surface area contributed by atoms with Gasteiger partial charge in [-0.1, -0.05) is 30.3 Å². The molecule has 2 N–H and O–H groups in total. The zero-order valence-corrected chi connectivity index (χ0v) is 10.2. The van der Waals surface area contributed by atoms with Crippen LogP contribution < -0.4 is 5.32 Å². The number of benzene rings is 1. The molecule has 0 bridgehead atoms. The van der Waals surface area contributed by atoms with E-state index in [2.05, 4.69) is 5.32 Å². The van der Waals surface area contributed by atoms with Crippen LogP contribution in [0.1, 0.15) is 15.9 Å². The Labute approximate surface area is 110 Å². The van der Waals surface area contributed by atoms with E-state index in [0.717, 1.165) is 5.56 Å². The maximum Gasteiger partial charge on any atom is 0.337 e. The first kappa shape index (κ1) is 12.9. The van der Waals surface area contributed by atoms with Gasteiger partial charge in [0.2, 0.25) is 5.91 Å². The topological polar surface area (TPSA) is 71.3 Å². The van der Waals surface area contributed by atoms with E-state index in [1.54, 1.807) is 10.8 Å². The van der Waals surface area contributed by atoms with Crippen LogP contribution in [0.25, 0.3) is 0 Å². The lowest BCUT2D eigenvalue weighted by Gasteiger charge is -2.06. The van der Waals surface area contributed by atoms with Gasteiger partial charge in [0.1, 0.15) is 6.54 Å². The number of nitrogens with zero attached hydrogens (tertiary/aromatic N) is 1. The Hall–Kier alpha value is -2.56. The number of nitrogens with one attached hydrogen (secondary N) is 1.